The van der Waals surface area contributed by atoms with Crippen molar-refractivity contribution in [1.29, 1.82) is 0 Å². The molecule has 37 heavy (non-hydrogen) atoms. The fourth-order valence-corrected chi connectivity index (χ4v) is 5.10. The molecule has 0 saturated carbocycles. The molecule has 3 aromatic rings. The maximum atomic E-state index is 13.7. The summed E-state index contributed by atoms with van der Waals surface area (Å²) in [6.07, 6.45) is 0. The van der Waals surface area contributed by atoms with Crippen LogP contribution in [0.15, 0.2) is 83.8 Å². The van der Waals surface area contributed by atoms with Gasteiger partial charge in [-0.25, -0.2) is 12.8 Å². The number of benzene rings is 3. The summed E-state index contributed by atoms with van der Waals surface area (Å²) in [4.78, 5) is 27.6. The summed E-state index contributed by atoms with van der Waals surface area (Å²) in [5.41, 5.74) is 0.994. The Kier molecular flexibility index (Phi) is 9.24. The number of para-hydroxylation sites is 1. The predicted molar refractivity (Wildman–Crippen MR) is 139 cm³/mol. The number of amides is 2. The number of rotatable bonds is 11. The standard InChI is InChI=1S/C27H30FN3O5S/c1-4-29-27(33)20(2)30(18-21-10-14-24(36-3)15-11-21)26(32)19-31(23-8-6-5-7-9-23)37(34,35)25-16-12-22(28)13-17-25/h5-17,20H,4,18-19H2,1-3H3,(H,29,33)/t20-/m1/s1. The first-order valence-corrected chi connectivity index (χ1v) is 13.1. The van der Waals surface area contributed by atoms with E-state index in [1.54, 1.807) is 75.6 Å². The topological polar surface area (TPSA) is 96.0 Å². The molecule has 3 aromatic carbocycles. The van der Waals surface area contributed by atoms with E-state index in [0.717, 1.165) is 34.1 Å². The molecule has 196 valence electrons. The Labute approximate surface area is 216 Å². The van der Waals surface area contributed by atoms with Gasteiger partial charge >= 0.3 is 0 Å². The quantitative estimate of drug-likeness (QED) is 0.411. The Morgan fingerprint density at radius 2 is 1.59 bits per heavy atom. The van der Waals surface area contributed by atoms with Gasteiger partial charge in [-0.2, -0.15) is 0 Å². The first-order chi connectivity index (χ1) is 17.7. The SMILES string of the molecule is CCNC(=O)[C@@H](C)N(Cc1ccc(OC)cc1)C(=O)CN(c1ccccc1)S(=O)(=O)c1ccc(F)cc1. The number of sulfonamides is 1. The van der Waals surface area contributed by atoms with Crippen LogP contribution in [0, 0.1) is 5.82 Å². The molecule has 0 aliphatic carbocycles. The molecule has 0 unspecified atom stereocenters. The highest BCUT2D eigenvalue weighted by Crippen LogP contribution is 2.25. The fourth-order valence-electron chi connectivity index (χ4n) is 3.69. The Balaban J connectivity index is 1.98. The van der Waals surface area contributed by atoms with Crippen LogP contribution in [0.4, 0.5) is 10.1 Å². The molecule has 3 rings (SSSR count). The lowest BCUT2D eigenvalue weighted by Gasteiger charge is -2.32. The minimum atomic E-state index is -4.24. The van der Waals surface area contributed by atoms with Gasteiger partial charge in [-0.1, -0.05) is 30.3 Å². The number of nitrogens with zero attached hydrogens (tertiary/aromatic N) is 2. The van der Waals surface area contributed by atoms with Gasteiger partial charge in [-0.15, -0.1) is 0 Å². The van der Waals surface area contributed by atoms with E-state index in [9.17, 15) is 22.4 Å². The number of methoxy groups -OCH3 is 1. The Morgan fingerprint density at radius 1 is 0.973 bits per heavy atom. The van der Waals surface area contributed by atoms with Crippen molar-refractivity contribution in [3.8, 4) is 5.75 Å². The van der Waals surface area contributed by atoms with Crippen LogP contribution in [-0.2, 0) is 26.2 Å². The van der Waals surface area contributed by atoms with Crippen molar-refractivity contribution in [2.75, 3.05) is 24.5 Å². The van der Waals surface area contributed by atoms with Gasteiger partial charge in [0.15, 0.2) is 0 Å². The average Bonchev–Trinajstić information content (AvgIpc) is 2.91. The Hall–Kier alpha value is -3.92. The number of halogens is 1. The average molecular weight is 528 g/mol. The minimum absolute atomic E-state index is 0.0698. The van der Waals surface area contributed by atoms with Crippen LogP contribution in [0.1, 0.15) is 19.4 Å². The van der Waals surface area contributed by atoms with Crippen molar-refractivity contribution in [2.24, 2.45) is 0 Å². The second kappa shape index (κ2) is 12.4. The van der Waals surface area contributed by atoms with Crippen molar-refractivity contribution in [2.45, 2.75) is 31.3 Å². The molecule has 0 spiro atoms. The molecule has 0 bridgehead atoms. The zero-order valence-electron chi connectivity index (χ0n) is 20.9. The van der Waals surface area contributed by atoms with E-state index in [1.165, 1.54) is 4.90 Å². The number of ether oxygens (including phenoxy) is 1. The molecule has 1 atom stereocenters. The minimum Gasteiger partial charge on any atom is -0.497 e. The zero-order valence-corrected chi connectivity index (χ0v) is 21.7. The number of carbonyl (C=O) groups excluding carboxylic acids is 2. The maximum absolute atomic E-state index is 13.7. The highest BCUT2D eigenvalue weighted by molar-refractivity contribution is 7.92. The zero-order chi connectivity index (χ0) is 27.0. The van der Waals surface area contributed by atoms with Crippen molar-refractivity contribution in [3.05, 3.63) is 90.2 Å². The first kappa shape index (κ1) is 27.7. The molecule has 0 aliphatic rings. The van der Waals surface area contributed by atoms with Gasteiger partial charge in [0.2, 0.25) is 11.8 Å². The van der Waals surface area contributed by atoms with Gasteiger partial charge in [-0.05, 0) is 67.9 Å². The molecule has 2 amide bonds. The van der Waals surface area contributed by atoms with Crippen LogP contribution in [-0.4, -0.2) is 51.4 Å². The number of likely N-dealkylation sites (N-methyl/N-ethyl adjacent to an activating group) is 1. The van der Waals surface area contributed by atoms with E-state index in [2.05, 4.69) is 5.32 Å². The lowest BCUT2D eigenvalue weighted by molar-refractivity contribution is -0.139. The van der Waals surface area contributed by atoms with Crippen molar-refractivity contribution >= 4 is 27.5 Å². The molecule has 8 nitrogen and oxygen atoms in total. The van der Waals surface area contributed by atoms with Crippen molar-refractivity contribution in [1.82, 2.24) is 10.2 Å². The molecule has 0 heterocycles. The summed E-state index contributed by atoms with van der Waals surface area (Å²) in [6.45, 7) is 3.24. The van der Waals surface area contributed by atoms with E-state index < -0.39 is 34.3 Å². The normalized spacial score (nSPS) is 11.9. The third kappa shape index (κ3) is 6.85. The van der Waals surface area contributed by atoms with Crippen molar-refractivity contribution in [3.63, 3.8) is 0 Å². The lowest BCUT2D eigenvalue weighted by atomic mass is 10.1. The summed E-state index contributed by atoms with van der Waals surface area (Å²) in [5, 5.41) is 2.71. The van der Waals surface area contributed by atoms with E-state index in [1.807, 2.05) is 0 Å². The van der Waals surface area contributed by atoms with Crippen molar-refractivity contribution < 1.29 is 27.1 Å². The summed E-state index contributed by atoms with van der Waals surface area (Å²) in [7, 11) is -2.69. The Morgan fingerprint density at radius 3 is 2.16 bits per heavy atom. The van der Waals surface area contributed by atoms with Crippen LogP contribution >= 0.6 is 0 Å². The number of carbonyl (C=O) groups is 2. The molecular weight excluding hydrogens is 497 g/mol. The van der Waals surface area contributed by atoms with Gasteiger partial charge in [0.25, 0.3) is 10.0 Å². The summed E-state index contributed by atoms with van der Waals surface area (Å²) in [6, 6.07) is 18.7. The number of hydrogen-bond acceptors (Lipinski definition) is 5. The molecule has 0 fully saturated rings. The van der Waals surface area contributed by atoms with Crippen LogP contribution in [0.3, 0.4) is 0 Å². The summed E-state index contributed by atoms with van der Waals surface area (Å²) >= 11 is 0. The van der Waals surface area contributed by atoms with Gasteiger partial charge < -0.3 is 15.0 Å². The van der Waals surface area contributed by atoms with Crippen LogP contribution in [0.5, 0.6) is 5.75 Å². The molecule has 10 heteroatoms. The first-order valence-electron chi connectivity index (χ1n) is 11.7. The van der Waals surface area contributed by atoms with Gasteiger partial charge in [0.05, 0.1) is 17.7 Å². The third-order valence-corrected chi connectivity index (χ3v) is 7.54. The lowest BCUT2D eigenvalue weighted by Crippen LogP contribution is -2.51. The van der Waals surface area contributed by atoms with Gasteiger partial charge in [0.1, 0.15) is 24.2 Å². The molecule has 0 aliphatic heterocycles. The van der Waals surface area contributed by atoms with E-state index >= 15 is 0 Å². The van der Waals surface area contributed by atoms with Gasteiger partial charge in [-0.3, -0.25) is 13.9 Å². The molecule has 0 saturated heterocycles. The maximum Gasteiger partial charge on any atom is 0.264 e. The second-order valence-corrected chi connectivity index (χ2v) is 10.1. The highest BCUT2D eigenvalue weighted by Gasteiger charge is 2.32. The molecular formula is C27H30FN3O5S. The molecule has 0 radical (unpaired) electrons. The third-order valence-electron chi connectivity index (χ3n) is 5.75. The van der Waals surface area contributed by atoms with E-state index in [0.29, 0.717) is 12.3 Å². The second-order valence-electron chi connectivity index (χ2n) is 8.24. The predicted octanol–water partition coefficient (Wildman–Crippen LogP) is 3.58. The van der Waals surface area contributed by atoms with Gasteiger partial charge in [0, 0.05) is 13.1 Å². The number of anilines is 1. The van der Waals surface area contributed by atoms with E-state index in [4.69, 9.17) is 4.74 Å². The number of hydrogen-bond donors (Lipinski definition) is 1. The largest absolute Gasteiger partial charge is 0.497 e. The summed E-state index contributed by atoms with van der Waals surface area (Å²) in [5.74, 6) is -0.886. The van der Waals surface area contributed by atoms with Crippen LogP contribution in [0.25, 0.3) is 0 Å². The van der Waals surface area contributed by atoms with E-state index in [-0.39, 0.29) is 23.0 Å². The fraction of sp³-hybridized carbons (Fsp3) is 0.259. The van der Waals surface area contributed by atoms with Crippen LogP contribution < -0.4 is 14.4 Å². The smallest absolute Gasteiger partial charge is 0.264 e. The Bertz CT molecular complexity index is 1300. The molecule has 1 N–H and O–H groups in total. The monoisotopic (exact) mass is 527 g/mol. The van der Waals surface area contributed by atoms with Crippen LogP contribution in [0.2, 0.25) is 0 Å². The summed E-state index contributed by atoms with van der Waals surface area (Å²) < 4.78 is 46.8. The molecule has 0 aromatic heterocycles. The highest BCUT2D eigenvalue weighted by atomic mass is 32.2. The number of nitrogens with one attached hydrogen (secondary N) is 1.